The number of aryl methyl sites for hydroxylation is 1. The molecule has 2 aromatic heterocycles. The quantitative estimate of drug-likeness (QED) is 0.716. The molecular formula is C16H16N4O3S2. The smallest absolute Gasteiger partial charge is 0.307 e. The summed E-state index contributed by atoms with van der Waals surface area (Å²) in [4.78, 5) is 39.2. The number of thiazole rings is 2. The molecule has 25 heavy (non-hydrogen) atoms. The highest BCUT2D eigenvalue weighted by Crippen LogP contribution is 2.28. The number of hydrogen-bond donors (Lipinski definition) is 2. The van der Waals surface area contributed by atoms with Gasteiger partial charge in [-0.3, -0.25) is 14.4 Å². The molecule has 0 bridgehead atoms. The largest absolute Gasteiger partial charge is 0.326 e. The van der Waals surface area contributed by atoms with E-state index in [1.807, 2.05) is 13.0 Å². The number of carbonyl (C=O) groups is 2. The van der Waals surface area contributed by atoms with E-state index in [0.29, 0.717) is 17.4 Å². The van der Waals surface area contributed by atoms with Crippen LogP contribution in [0.15, 0.2) is 28.4 Å². The monoisotopic (exact) mass is 376 g/mol. The van der Waals surface area contributed by atoms with Gasteiger partial charge in [-0.05, 0) is 25.1 Å². The summed E-state index contributed by atoms with van der Waals surface area (Å²) >= 11 is 2.47. The number of anilines is 2. The molecule has 0 spiro atoms. The average molecular weight is 376 g/mol. The van der Waals surface area contributed by atoms with Crippen molar-refractivity contribution in [2.24, 2.45) is 0 Å². The summed E-state index contributed by atoms with van der Waals surface area (Å²) in [5.74, 6) is -0.338. The Bertz CT molecular complexity index is 1000. The summed E-state index contributed by atoms with van der Waals surface area (Å²) in [6.45, 7) is 3.64. The standard InChI is InChI=1S/C16H16N4O3S2/c1-9-8-24-16(23)20(9)6-5-14(22)19-15-18-12-4-3-11(17-10(2)21)7-13(12)25-15/h3-4,7-8H,5-6H2,1-2H3,(H,17,21)(H,18,19,22). The molecule has 0 saturated heterocycles. The molecule has 0 saturated carbocycles. The fourth-order valence-electron chi connectivity index (χ4n) is 2.33. The summed E-state index contributed by atoms with van der Waals surface area (Å²) in [7, 11) is 0. The minimum Gasteiger partial charge on any atom is -0.326 e. The van der Waals surface area contributed by atoms with Crippen LogP contribution in [-0.2, 0) is 16.1 Å². The third kappa shape index (κ3) is 4.12. The first-order valence-electron chi connectivity index (χ1n) is 7.55. The molecule has 3 aromatic rings. The predicted molar refractivity (Wildman–Crippen MR) is 100 cm³/mol. The fourth-order valence-corrected chi connectivity index (χ4v) is 4.01. The highest BCUT2D eigenvalue weighted by molar-refractivity contribution is 7.22. The molecule has 0 aliphatic rings. The maximum atomic E-state index is 12.1. The Kier molecular flexibility index (Phi) is 4.95. The fraction of sp³-hybridized carbons (Fsp3) is 0.250. The van der Waals surface area contributed by atoms with Crippen LogP contribution in [0.2, 0.25) is 0 Å². The van der Waals surface area contributed by atoms with E-state index in [0.717, 1.165) is 27.2 Å². The molecule has 0 unspecified atom stereocenters. The van der Waals surface area contributed by atoms with E-state index < -0.39 is 0 Å². The first-order chi connectivity index (χ1) is 11.9. The van der Waals surface area contributed by atoms with Crippen LogP contribution < -0.4 is 15.5 Å². The van der Waals surface area contributed by atoms with E-state index in [9.17, 15) is 14.4 Å². The summed E-state index contributed by atoms with van der Waals surface area (Å²) in [6.07, 6.45) is 0.199. The number of rotatable bonds is 5. The lowest BCUT2D eigenvalue weighted by Gasteiger charge is -2.04. The second-order valence-corrected chi connectivity index (χ2v) is 7.33. The van der Waals surface area contributed by atoms with Crippen molar-refractivity contribution in [3.63, 3.8) is 0 Å². The zero-order chi connectivity index (χ0) is 18.0. The van der Waals surface area contributed by atoms with Gasteiger partial charge in [0.25, 0.3) is 0 Å². The average Bonchev–Trinajstić information content (AvgIpc) is 3.07. The number of carbonyl (C=O) groups excluding carboxylic acids is 2. The molecule has 2 heterocycles. The molecule has 1 aromatic carbocycles. The van der Waals surface area contributed by atoms with Crippen molar-refractivity contribution in [2.75, 3.05) is 10.6 Å². The highest BCUT2D eigenvalue weighted by atomic mass is 32.1. The number of benzene rings is 1. The molecule has 0 aliphatic carbocycles. The number of nitrogens with zero attached hydrogens (tertiary/aromatic N) is 2. The van der Waals surface area contributed by atoms with Gasteiger partial charge in [-0.1, -0.05) is 22.7 Å². The van der Waals surface area contributed by atoms with Crippen LogP contribution in [0.4, 0.5) is 10.8 Å². The lowest BCUT2D eigenvalue weighted by Crippen LogP contribution is -2.20. The molecule has 9 heteroatoms. The van der Waals surface area contributed by atoms with Crippen molar-refractivity contribution in [1.82, 2.24) is 9.55 Å². The number of amides is 2. The summed E-state index contributed by atoms with van der Waals surface area (Å²) in [5.41, 5.74) is 2.29. The second kappa shape index (κ2) is 7.16. The number of nitrogens with one attached hydrogen (secondary N) is 2. The SMILES string of the molecule is CC(=O)Nc1ccc2nc(NC(=O)CCn3c(C)csc3=O)sc2c1. The van der Waals surface area contributed by atoms with Gasteiger partial charge in [0.2, 0.25) is 11.8 Å². The molecule has 0 fully saturated rings. The third-order valence-corrected chi connectivity index (χ3v) is 5.31. The normalized spacial score (nSPS) is 10.8. The lowest BCUT2D eigenvalue weighted by atomic mass is 10.3. The van der Waals surface area contributed by atoms with Crippen LogP contribution >= 0.6 is 22.7 Å². The maximum Gasteiger partial charge on any atom is 0.307 e. The van der Waals surface area contributed by atoms with Gasteiger partial charge < -0.3 is 15.2 Å². The molecular weight excluding hydrogens is 360 g/mol. The van der Waals surface area contributed by atoms with Gasteiger partial charge in [-0.15, -0.1) is 0 Å². The Morgan fingerprint density at radius 3 is 2.76 bits per heavy atom. The third-order valence-electron chi connectivity index (χ3n) is 3.49. The lowest BCUT2D eigenvalue weighted by molar-refractivity contribution is -0.116. The van der Waals surface area contributed by atoms with E-state index >= 15 is 0 Å². The van der Waals surface area contributed by atoms with E-state index in [1.165, 1.54) is 18.3 Å². The molecule has 0 atom stereocenters. The minimum atomic E-state index is -0.196. The van der Waals surface area contributed by atoms with Crippen LogP contribution in [0.3, 0.4) is 0 Å². The number of fused-ring (bicyclic) bond motifs is 1. The van der Waals surface area contributed by atoms with Crippen LogP contribution in [0.1, 0.15) is 19.0 Å². The Balaban J connectivity index is 1.66. The number of hydrogen-bond acceptors (Lipinski definition) is 6. The Morgan fingerprint density at radius 2 is 2.08 bits per heavy atom. The van der Waals surface area contributed by atoms with Gasteiger partial charge in [0, 0.05) is 36.7 Å². The maximum absolute atomic E-state index is 12.1. The van der Waals surface area contributed by atoms with Gasteiger partial charge in [-0.25, -0.2) is 4.98 Å². The van der Waals surface area contributed by atoms with Crippen LogP contribution in [0.5, 0.6) is 0 Å². The first-order valence-corrected chi connectivity index (χ1v) is 9.25. The highest BCUT2D eigenvalue weighted by Gasteiger charge is 2.10. The van der Waals surface area contributed by atoms with Crippen molar-refractivity contribution in [3.8, 4) is 0 Å². The van der Waals surface area contributed by atoms with Crippen LogP contribution in [-0.4, -0.2) is 21.4 Å². The van der Waals surface area contributed by atoms with Crippen molar-refractivity contribution >= 4 is 55.5 Å². The molecule has 0 aliphatic heterocycles. The van der Waals surface area contributed by atoms with Crippen molar-refractivity contribution in [1.29, 1.82) is 0 Å². The zero-order valence-electron chi connectivity index (χ0n) is 13.7. The Labute approximate surface area is 151 Å². The summed E-state index contributed by atoms with van der Waals surface area (Å²) in [5, 5.41) is 7.75. The molecule has 7 nitrogen and oxygen atoms in total. The molecule has 130 valence electrons. The molecule has 3 rings (SSSR count). The van der Waals surface area contributed by atoms with Crippen molar-refractivity contribution < 1.29 is 9.59 Å². The summed E-state index contributed by atoms with van der Waals surface area (Å²) in [6, 6.07) is 5.38. The second-order valence-electron chi connectivity index (χ2n) is 5.48. The van der Waals surface area contributed by atoms with Gasteiger partial charge in [0.05, 0.1) is 10.2 Å². The van der Waals surface area contributed by atoms with Gasteiger partial charge in [0.15, 0.2) is 5.13 Å². The summed E-state index contributed by atoms with van der Waals surface area (Å²) < 4.78 is 2.45. The van der Waals surface area contributed by atoms with Gasteiger partial charge in [-0.2, -0.15) is 0 Å². The van der Waals surface area contributed by atoms with E-state index in [1.54, 1.807) is 22.1 Å². The predicted octanol–water partition coefficient (Wildman–Crippen LogP) is 2.82. The van der Waals surface area contributed by atoms with Crippen LogP contribution in [0, 0.1) is 6.92 Å². The topological polar surface area (TPSA) is 93.1 Å². The van der Waals surface area contributed by atoms with E-state index in [-0.39, 0.29) is 23.1 Å². The molecule has 2 N–H and O–H groups in total. The Hall–Kier alpha value is -2.52. The first kappa shape index (κ1) is 17.3. The van der Waals surface area contributed by atoms with E-state index in [2.05, 4.69) is 15.6 Å². The van der Waals surface area contributed by atoms with Gasteiger partial charge in [0.1, 0.15) is 0 Å². The minimum absolute atomic E-state index is 0.0595. The van der Waals surface area contributed by atoms with Crippen molar-refractivity contribution in [3.05, 3.63) is 38.9 Å². The van der Waals surface area contributed by atoms with Gasteiger partial charge >= 0.3 is 4.87 Å². The molecule has 0 radical (unpaired) electrons. The zero-order valence-corrected chi connectivity index (χ0v) is 15.3. The number of aromatic nitrogens is 2. The van der Waals surface area contributed by atoms with E-state index in [4.69, 9.17) is 0 Å². The Morgan fingerprint density at radius 1 is 1.28 bits per heavy atom. The van der Waals surface area contributed by atoms with Crippen LogP contribution in [0.25, 0.3) is 10.2 Å². The molecule has 2 amide bonds. The van der Waals surface area contributed by atoms with Crippen molar-refractivity contribution in [2.45, 2.75) is 26.8 Å².